The van der Waals surface area contributed by atoms with Crippen LogP contribution in [-0.4, -0.2) is 69.2 Å². The van der Waals surface area contributed by atoms with Gasteiger partial charge in [-0.2, -0.15) is 5.26 Å². The number of nitrogens with zero attached hydrogens (tertiary/aromatic N) is 5. The molecule has 3 aliphatic rings. The van der Waals surface area contributed by atoms with Crippen molar-refractivity contribution in [3.8, 4) is 6.07 Å². The predicted molar refractivity (Wildman–Crippen MR) is 188 cm³/mol. The monoisotopic (exact) mass is 647 g/mol. The molecule has 2 atom stereocenters. The summed E-state index contributed by atoms with van der Waals surface area (Å²) in [7, 11) is 0. The van der Waals surface area contributed by atoms with Crippen LogP contribution in [0.15, 0.2) is 55.3 Å². The molecular weight excluding hydrogens is 598 g/mol. The van der Waals surface area contributed by atoms with Crippen LogP contribution in [0, 0.1) is 11.3 Å². The van der Waals surface area contributed by atoms with E-state index in [0.29, 0.717) is 24.5 Å². The van der Waals surface area contributed by atoms with Gasteiger partial charge in [0.05, 0.1) is 11.5 Å². The van der Waals surface area contributed by atoms with Crippen LogP contribution in [0.4, 0.5) is 0 Å². The number of aromatic amines is 1. The molecule has 10 nitrogen and oxygen atoms in total. The van der Waals surface area contributed by atoms with E-state index >= 15 is 0 Å². The molecule has 2 aliphatic carbocycles. The number of carbonyl (C=O) groups excluding carboxylic acids is 1. The molecule has 2 heterocycles. The number of hydrogen-bond donors (Lipinski definition) is 4. The Balaban J connectivity index is 1.50. The summed E-state index contributed by atoms with van der Waals surface area (Å²) < 4.78 is 0. The third-order valence-corrected chi connectivity index (χ3v) is 10.8. The van der Waals surface area contributed by atoms with Crippen molar-refractivity contribution in [2.75, 3.05) is 26.2 Å². The van der Waals surface area contributed by atoms with Gasteiger partial charge >= 0.3 is 0 Å². The average Bonchev–Trinajstić information content (AvgIpc) is 3.81. The lowest BCUT2D eigenvalue weighted by atomic mass is 9.62. The molecule has 2 aromatic carbocycles. The summed E-state index contributed by atoms with van der Waals surface area (Å²) in [5, 5.41) is 36.4. The van der Waals surface area contributed by atoms with Gasteiger partial charge in [-0.15, -0.1) is 5.10 Å². The first-order chi connectivity index (χ1) is 23.3. The van der Waals surface area contributed by atoms with Gasteiger partial charge in [0.1, 0.15) is 6.04 Å². The molecule has 0 spiro atoms. The first-order valence-electron chi connectivity index (χ1n) is 17.7. The van der Waals surface area contributed by atoms with Crippen molar-refractivity contribution >= 4 is 11.6 Å². The van der Waals surface area contributed by atoms with Crippen LogP contribution in [-0.2, 0) is 18.3 Å². The van der Waals surface area contributed by atoms with Crippen molar-refractivity contribution in [2.24, 2.45) is 0 Å². The number of nitrogens with one attached hydrogen (secondary N) is 4. The minimum absolute atomic E-state index is 0.0697. The van der Waals surface area contributed by atoms with E-state index in [2.05, 4.69) is 98.0 Å². The molecule has 252 valence electrons. The second-order valence-electron chi connectivity index (χ2n) is 13.7. The lowest BCUT2D eigenvalue weighted by molar-refractivity contribution is 0.0955. The zero-order valence-electron chi connectivity index (χ0n) is 28.5. The molecule has 2 unspecified atom stereocenters. The maximum Gasteiger partial charge on any atom is 0.251 e. The van der Waals surface area contributed by atoms with Crippen LogP contribution >= 0.6 is 0 Å². The Morgan fingerprint density at radius 1 is 1.00 bits per heavy atom. The van der Waals surface area contributed by atoms with Gasteiger partial charge in [0, 0.05) is 48.7 Å². The topological polar surface area (TPSA) is 135 Å². The minimum Gasteiger partial charge on any atom is -0.385 e. The largest absolute Gasteiger partial charge is 0.385 e. The van der Waals surface area contributed by atoms with E-state index in [4.69, 9.17) is 0 Å². The molecule has 0 radical (unpaired) electrons. The summed E-state index contributed by atoms with van der Waals surface area (Å²) in [6, 6.07) is 15.2. The van der Waals surface area contributed by atoms with Gasteiger partial charge in [0.25, 0.3) is 5.91 Å². The van der Waals surface area contributed by atoms with Crippen LogP contribution in [0.25, 0.3) is 5.70 Å². The summed E-state index contributed by atoms with van der Waals surface area (Å²) in [5.74, 6) is 0.630. The summed E-state index contributed by atoms with van der Waals surface area (Å²) in [4.78, 5) is 15.2. The molecule has 1 saturated heterocycles. The number of hydrogen-bond acceptors (Lipinski definition) is 8. The van der Waals surface area contributed by atoms with Crippen LogP contribution in [0.2, 0.25) is 0 Å². The first-order valence-corrected chi connectivity index (χ1v) is 17.7. The highest BCUT2D eigenvalue weighted by atomic mass is 16.1. The Bertz CT molecular complexity index is 1610. The van der Waals surface area contributed by atoms with E-state index in [1.54, 1.807) is 0 Å². The third kappa shape index (κ3) is 6.36. The quantitative estimate of drug-likeness (QED) is 0.212. The number of likely N-dealkylation sites (tertiary alicyclic amines) is 1. The van der Waals surface area contributed by atoms with Gasteiger partial charge in [-0.1, -0.05) is 50.6 Å². The fraction of sp³-hybridized carbons (Fsp3) is 0.500. The fourth-order valence-electron chi connectivity index (χ4n) is 8.45. The molecule has 2 fully saturated rings. The van der Waals surface area contributed by atoms with Gasteiger partial charge in [0.15, 0.2) is 5.82 Å². The van der Waals surface area contributed by atoms with E-state index < -0.39 is 5.41 Å². The number of tetrazole rings is 1. The van der Waals surface area contributed by atoms with Gasteiger partial charge in [0.2, 0.25) is 0 Å². The van der Waals surface area contributed by atoms with Crippen molar-refractivity contribution in [1.29, 1.82) is 5.26 Å². The number of benzene rings is 2. The van der Waals surface area contributed by atoms with Crippen LogP contribution in [0.5, 0.6) is 0 Å². The van der Waals surface area contributed by atoms with Crippen molar-refractivity contribution in [3.63, 3.8) is 0 Å². The van der Waals surface area contributed by atoms with Crippen molar-refractivity contribution < 1.29 is 4.79 Å². The van der Waals surface area contributed by atoms with Crippen LogP contribution in [0.1, 0.15) is 109 Å². The number of carbonyl (C=O) groups is 1. The highest BCUT2D eigenvalue weighted by Gasteiger charge is 2.50. The summed E-state index contributed by atoms with van der Waals surface area (Å²) in [6.45, 7) is 15.6. The SMILES string of the molecule is C=C(NCC)c1ccc2c(c1)CCc1cc(C(=O)NCC)ccc1C2(CC1(NCC(=C)N2CCCC2C#N)CCCCC1)c1nnn[nH]1. The molecule has 1 saturated carbocycles. The Kier molecular flexibility index (Phi) is 9.97. The van der Waals surface area contributed by atoms with Gasteiger partial charge in [-0.25, -0.2) is 5.10 Å². The summed E-state index contributed by atoms with van der Waals surface area (Å²) >= 11 is 0. The fourth-order valence-corrected chi connectivity index (χ4v) is 8.45. The van der Waals surface area contributed by atoms with Crippen molar-refractivity contribution in [1.82, 2.24) is 41.5 Å². The van der Waals surface area contributed by atoms with Crippen LogP contribution in [0.3, 0.4) is 0 Å². The Labute approximate surface area is 284 Å². The van der Waals surface area contributed by atoms with Gasteiger partial charge < -0.3 is 20.9 Å². The van der Waals surface area contributed by atoms with E-state index in [0.717, 1.165) is 99.0 Å². The molecule has 3 aromatic rings. The number of aromatic nitrogens is 4. The molecule has 6 rings (SSSR count). The maximum atomic E-state index is 13.1. The van der Waals surface area contributed by atoms with Crippen molar-refractivity contribution in [2.45, 2.75) is 95.1 Å². The number of aryl methyl sites for hydroxylation is 2. The number of amides is 1. The predicted octanol–water partition coefficient (Wildman–Crippen LogP) is 5.15. The lowest BCUT2D eigenvalue weighted by Crippen LogP contribution is -2.54. The van der Waals surface area contributed by atoms with Gasteiger partial charge in [-0.3, -0.25) is 4.79 Å². The molecule has 0 bridgehead atoms. The third-order valence-electron chi connectivity index (χ3n) is 10.8. The number of nitriles is 1. The molecule has 1 aromatic heterocycles. The zero-order chi connectivity index (χ0) is 33.7. The Morgan fingerprint density at radius 2 is 1.69 bits per heavy atom. The summed E-state index contributed by atoms with van der Waals surface area (Å²) in [5.41, 5.74) is 7.27. The second kappa shape index (κ2) is 14.3. The highest BCUT2D eigenvalue weighted by Crippen LogP contribution is 2.51. The molecule has 1 aliphatic heterocycles. The molecule has 48 heavy (non-hydrogen) atoms. The number of fused-ring (bicyclic) bond motifs is 2. The second-order valence-corrected chi connectivity index (χ2v) is 13.7. The highest BCUT2D eigenvalue weighted by molar-refractivity contribution is 5.94. The Hall–Kier alpha value is -4.49. The maximum absolute atomic E-state index is 13.1. The van der Waals surface area contributed by atoms with Gasteiger partial charge in [-0.05, 0) is 115 Å². The van der Waals surface area contributed by atoms with E-state index in [1.165, 1.54) is 17.5 Å². The molecule has 4 N–H and O–H groups in total. The van der Waals surface area contributed by atoms with E-state index in [-0.39, 0.29) is 17.5 Å². The smallest absolute Gasteiger partial charge is 0.251 e. The van der Waals surface area contributed by atoms with E-state index in [1.807, 2.05) is 13.0 Å². The average molecular weight is 648 g/mol. The molecule has 10 heteroatoms. The first kappa shape index (κ1) is 33.4. The van der Waals surface area contributed by atoms with Crippen molar-refractivity contribution in [3.05, 3.63) is 94.5 Å². The normalized spacial score (nSPS) is 21.4. The van der Waals surface area contributed by atoms with E-state index in [9.17, 15) is 10.1 Å². The van der Waals surface area contributed by atoms with Crippen LogP contribution < -0.4 is 16.0 Å². The lowest BCUT2D eigenvalue weighted by Gasteiger charge is -2.47. The minimum atomic E-state index is -0.725. The zero-order valence-corrected chi connectivity index (χ0v) is 28.5. The number of H-pyrrole nitrogens is 1. The standard InChI is InChI=1S/C38H49N9O/c1-5-40-27(4)28-14-16-33-29(21-28)12-13-30-22-31(35(48)41-6-2)15-17-34(30)38(33,36-43-45-46-44-36)25-37(18-8-7-9-19-37)42-24-26(3)47-20-10-11-32(47)23-39/h14-17,21-22,32,40,42H,3-13,18-20,24-25H2,1-2H3,(H,41,48)(H,43,44,45,46). The number of rotatable bonds is 12. The molecular formula is C38H49N9O. The summed E-state index contributed by atoms with van der Waals surface area (Å²) in [6.07, 6.45) is 9.64. The Morgan fingerprint density at radius 3 is 2.33 bits per heavy atom. The molecule has 1 amide bonds.